The van der Waals surface area contributed by atoms with Gasteiger partial charge < -0.3 is 5.32 Å². The molecule has 0 spiro atoms. The molecule has 1 unspecified atom stereocenters. The Morgan fingerprint density at radius 2 is 2.06 bits per heavy atom. The molecule has 0 aromatic heterocycles. The van der Waals surface area contributed by atoms with Crippen LogP contribution in [0.25, 0.3) is 0 Å². The van der Waals surface area contributed by atoms with Gasteiger partial charge in [0.25, 0.3) is 0 Å². The van der Waals surface area contributed by atoms with Gasteiger partial charge in [0.15, 0.2) is 0 Å². The van der Waals surface area contributed by atoms with Crippen LogP contribution in [0.5, 0.6) is 0 Å². The molecule has 2 rings (SSSR count). The highest BCUT2D eigenvalue weighted by molar-refractivity contribution is 5.85. The number of hydrogen-bond donors (Lipinski definition) is 1. The van der Waals surface area contributed by atoms with E-state index < -0.39 is 5.54 Å². The minimum atomic E-state index is -0.541. The molecule has 1 aliphatic rings. The molecule has 0 aliphatic carbocycles. The van der Waals surface area contributed by atoms with Gasteiger partial charge in [0.2, 0.25) is 0 Å². The molecule has 4 heteroatoms. The number of piperidine rings is 1. The molecule has 1 atom stereocenters. The highest BCUT2D eigenvalue weighted by atomic mass is 35.5. The fourth-order valence-corrected chi connectivity index (χ4v) is 2.12. The van der Waals surface area contributed by atoms with Gasteiger partial charge in [-0.05, 0) is 13.0 Å². The van der Waals surface area contributed by atoms with E-state index >= 15 is 0 Å². The van der Waals surface area contributed by atoms with Crippen molar-refractivity contribution in [3.05, 3.63) is 35.6 Å². The van der Waals surface area contributed by atoms with Crippen LogP contribution in [0.1, 0.15) is 25.3 Å². The summed E-state index contributed by atoms with van der Waals surface area (Å²) in [6.07, 6.45) is 0.915. The molecule has 1 fully saturated rings. The standard InChI is InChI=1S/C12H14FNO.ClH/c1-12(8-9(15)6-7-14-12)10-4-2-3-5-11(10)13;/h2-5,14H,6-8H2,1H3;1H. The predicted octanol–water partition coefficient (Wildman–Crippen LogP) is 2.42. The number of carbonyl (C=O) groups is 1. The van der Waals surface area contributed by atoms with Crippen LogP contribution in [0, 0.1) is 5.82 Å². The smallest absolute Gasteiger partial charge is 0.136 e. The average molecular weight is 244 g/mol. The average Bonchev–Trinajstić information content (AvgIpc) is 2.17. The Labute approximate surface area is 101 Å². The van der Waals surface area contributed by atoms with Crippen LogP contribution in [0.4, 0.5) is 4.39 Å². The Kier molecular flexibility index (Phi) is 4.05. The zero-order valence-electron chi connectivity index (χ0n) is 9.13. The van der Waals surface area contributed by atoms with Crippen LogP contribution in [0.15, 0.2) is 24.3 Å². The summed E-state index contributed by atoms with van der Waals surface area (Å²) in [4.78, 5) is 11.4. The molecule has 1 aromatic carbocycles. The van der Waals surface area contributed by atoms with Crippen molar-refractivity contribution in [3.63, 3.8) is 0 Å². The zero-order valence-corrected chi connectivity index (χ0v) is 9.94. The van der Waals surface area contributed by atoms with E-state index in [1.807, 2.05) is 6.92 Å². The van der Waals surface area contributed by atoms with E-state index in [4.69, 9.17) is 0 Å². The maximum Gasteiger partial charge on any atom is 0.136 e. The first-order valence-electron chi connectivity index (χ1n) is 5.13. The lowest BCUT2D eigenvalue weighted by molar-refractivity contribution is -0.122. The summed E-state index contributed by atoms with van der Waals surface area (Å²) < 4.78 is 13.6. The van der Waals surface area contributed by atoms with Crippen molar-refractivity contribution in [2.75, 3.05) is 6.54 Å². The molecule has 88 valence electrons. The lowest BCUT2D eigenvalue weighted by Crippen LogP contribution is -2.47. The normalized spacial score (nSPS) is 25.0. The quantitative estimate of drug-likeness (QED) is 0.821. The molecule has 1 aromatic rings. The van der Waals surface area contributed by atoms with Crippen molar-refractivity contribution in [1.29, 1.82) is 0 Å². The lowest BCUT2D eigenvalue weighted by atomic mass is 9.83. The SMILES string of the molecule is CC1(c2ccccc2F)CC(=O)CCN1.Cl. The van der Waals surface area contributed by atoms with E-state index in [9.17, 15) is 9.18 Å². The second-order valence-corrected chi connectivity index (χ2v) is 4.20. The van der Waals surface area contributed by atoms with E-state index in [2.05, 4.69) is 5.32 Å². The van der Waals surface area contributed by atoms with Gasteiger partial charge in [-0.25, -0.2) is 4.39 Å². The van der Waals surface area contributed by atoms with E-state index in [1.54, 1.807) is 18.2 Å². The highest BCUT2D eigenvalue weighted by Gasteiger charge is 2.34. The number of nitrogens with one attached hydrogen (secondary N) is 1. The Morgan fingerprint density at radius 1 is 1.38 bits per heavy atom. The summed E-state index contributed by atoms with van der Waals surface area (Å²) in [6, 6.07) is 6.62. The number of Topliss-reactive ketones (excluding diaryl/α,β-unsaturated/α-hetero) is 1. The largest absolute Gasteiger partial charge is 0.307 e. The molecule has 0 bridgehead atoms. The summed E-state index contributed by atoms with van der Waals surface area (Å²) >= 11 is 0. The van der Waals surface area contributed by atoms with Crippen molar-refractivity contribution in [2.24, 2.45) is 0 Å². The summed E-state index contributed by atoms with van der Waals surface area (Å²) in [5.41, 5.74) is 0.0405. The second-order valence-electron chi connectivity index (χ2n) is 4.20. The predicted molar refractivity (Wildman–Crippen MR) is 63.2 cm³/mol. The molecule has 0 radical (unpaired) electrons. The molecule has 16 heavy (non-hydrogen) atoms. The number of carbonyl (C=O) groups excluding carboxylic acids is 1. The number of ketones is 1. The monoisotopic (exact) mass is 243 g/mol. The molecule has 1 saturated heterocycles. The first kappa shape index (κ1) is 13.1. The first-order chi connectivity index (χ1) is 7.12. The van der Waals surface area contributed by atoms with Gasteiger partial charge in [0.05, 0.1) is 5.54 Å². The molecule has 1 heterocycles. The summed E-state index contributed by atoms with van der Waals surface area (Å²) in [7, 11) is 0. The number of halogens is 2. The van der Waals surface area contributed by atoms with Gasteiger partial charge >= 0.3 is 0 Å². The third-order valence-electron chi connectivity index (χ3n) is 2.94. The van der Waals surface area contributed by atoms with Gasteiger partial charge in [0, 0.05) is 24.9 Å². The van der Waals surface area contributed by atoms with Gasteiger partial charge in [-0.2, -0.15) is 0 Å². The van der Waals surface area contributed by atoms with Crippen LogP contribution in [0.2, 0.25) is 0 Å². The van der Waals surface area contributed by atoms with Crippen molar-refractivity contribution in [3.8, 4) is 0 Å². The molecule has 0 amide bonds. The first-order valence-corrected chi connectivity index (χ1v) is 5.13. The summed E-state index contributed by atoms with van der Waals surface area (Å²) in [5.74, 6) is -0.0540. The summed E-state index contributed by atoms with van der Waals surface area (Å²) in [5, 5.41) is 3.22. The zero-order chi connectivity index (χ0) is 10.9. The van der Waals surface area contributed by atoms with Crippen molar-refractivity contribution >= 4 is 18.2 Å². The maximum absolute atomic E-state index is 13.6. The third-order valence-corrected chi connectivity index (χ3v) is 2.94. The molecular formula is C12H15ClFNO. The van der Waals surface area contributed by atoms with Crippen molar-refractivity contribution in [1.82, 2.24) is 5.32 Å². The Morgan fingerprint density at radius 3 is 2.69 bits per heavy atom. The minimum Gasteiger partial charge on any atom is -0.307 e. The number of benzene rings is 1. The number of rotatable bonds is 1. The van der Waals surface area contributed by atoms with Gasteiger partial charge in [-0.3, -0.25) is 4.79 Å². The molecule has 2 nitrogen and oxygen atoms in total. The highest BCUT2D eigenvalue weighted by Crippen LogP contribution is 2.29. The van der Waals surface area contributed by atoms with Crippen LogP contribution in [-0.2, 0) is 10.3 Å². The van der Waals surface area contributed by atoms with Crippen LogP contribution >= 0.6 is 12.4 Å². The van der Waals surface area contributed by atoms with E-state index in [0.717, 1.165) is 0 Å². The topological polar surface area (TPSA) is 29.1 Å². The lowest BCUT2D eigenvalue weighted by Gasteiger charge is -2.34. The van der Waals surface area contributed by atoms with Gasteiger partial charge in [-0.15, -0.1) is 12.4 Å². The Hall–Kier alpha value is -0.930. The molecule has 1 aliphatic heterocycles. The minimum absolute atomic E-state index is 0. The van der Waals surface area contributed by atoms with Crippen molar-refractivity contribution in [2.45, 2.75) is 25.3 Å². The fourth-order valence-electron chi connectivity index (χ4n) is 2.12. The maximum atomic E-state index is 13.6. The number of hydrogen-bond acceptors (Lipinski definition) is 2. The Bertz CT molecular complexity index is 396. The van der Waals surface area contributed by atoms with Gasteiger partial charge in [-0.1, -0.05) is 18.2 Å². The Balaban J connectivity index is 0.00000128. The van der Waals surface area contributed by atoms with Crippen molar-refractivity contribution < 1.29 is 9.18 Å². The van der Waals surface area contributed by atoms with Gasteiger partial charge in [0.1, 0.15) is 11.6 Å². The second kappa shape index (κ2) is 4.93. The van der Waals surface area contributed by atoms with E-state index in [1.165, 1.54) is 6.07 Å². The molecule has 0 saturated carbocycles. The molecular weight excluding hydrogens is 229 g/mol. The van der Waals surface area contributed by atoms with E-state index in [0.29, 0.717) is 24.9 Å². The fraction of sp³-hybridized carbons (Fsp3) is 0.417. The van der Waals surface area contributed by atoms with Crippen LogP contribution < -0.4 is 5.32 Å². The molecule has 1 N–H and O–H groups in total. The van der Waals surface area contributed by atoms with Crippen LogP contribution in [0.3, 0.4) is 0 Å². The summed E-state index contributed by atoms with van der Waals surface area (Å²) in [6.45, 7) is 2.51. The van der Waals surface area contributed by atoms with E-state index in [-0.39, 0.29) is 24.0 Å². The third kappa shape index (κ3) is 2.42. The van der Waals surface area contributed by atoms with Crippen LogP contribution in [-0.4, -0.2) is 12.3 Å².